The molecule has 0 N–H and O–H groups in total. The minimum atomic E-state index is -0.284. The van der Waals surface area contributed by atoms with E-state index in [-0.39, 0.29) is 18.5 Å². The predicted octanol–water partition coefficient (Wildman–Crippen LogP) is 3.41. The van der Waals surface area contributed by atoms with Gasteiger partial charge in [0.1, 0.15) is 0 Å². The Labute approximate surface area is 133 Å². The van der Waals surface area contributed by atoms with Gasteiger partial charge in [0.15, 0.2) is 6.61 Å². The summed E-state index contributed by atoms with van der Waals surface area (Å²) in [6, 6.07) is 19.3. The molecular weight excluding hydrogens is 292 g/mol. The van der Waals surface area contributed by atoms with Gasteiger partial charge in [-0.2, -0.15) is 4.98 Å². The Balaban J connectivity index is 1.49. The third-order valence-corrected chi connectivity index (χ3v) is 3.32. The van der Waals surface area contributed by atoms with Gasteiger partial charge in [-0.1, -0.05) is 65.8 Å². The van der Waals surface area contributed by atoms with Crippen LogP contribution in [0.3, 0.4) is 0 Å². The number of esters is 1. The molecule has 0 spiro atoms. The van der Waals surface area contributed by atoms with E-state index in [2.05, 4.69) is 10.1 Å². The van der Waals surface area contributed by atoms with Crippen molar-refractivity contribution in [1.29, 1.82) is 0 Å². The van der Waals surface area contributed by atoms with Gasteiger partial charge in [0.25, 0.3) is 5.89 Å². The highest BCUT2D eigenvalue weighted by Crippen LogP contribution is 2.15. The maximum absolute atomic E-state index is 11.8. The summed E-state index contributed by atoms with van der Waals surface area (Å²) in [5.41, 5.74) is 1.96. The van der Waals surface area contributed by atoms with E-state index >= 15 is 0 Å². The molecule has 23 heavy (non-hydrogen) atoms. The molecule has 5 nitrogen and oxygen atoms in total. The Bertz CT molecular complexity index is 754. The van der Waals surface area contributed by atoms with Crippen LogP contribution >= 0.6 is 0 Å². The first-order valence-corrected chi connectivity index (χ1v) is 7.39. The standard InChI is InChI=1S/C18H16N2O3/c21-17(12-11-14-7-3-1-4-8-14)22-13-16-19-18(20-23-16)15-9-5-2-6-10-15/h1-10H,11-13H2. The summed E-state index contributed by atoms with van der Waals surface area (Å²) >= 11 is 0. The highest BCUT2D eigenvalue weighted by Gasteiger charge is 2.11. The van der Waals surface area contributed by atoms with Gasteiger partial charge in [-0.3, -0.25) is 4.79 Å². The third kappa shape index (κ3) is 4.26. The first-order chi connectivity index (χ1) is 11.3. The lowest BCUT2D eigenvalue weighted by Crippen LogP contribution is -2.06. The Morgan fingerprint density at radius 2 is 1.70 bits per heavy atom. The lowest BCUT2D eigenvalue weighted by Gasteiger charge is -2.02. The van der Waals surface area contributed by atoms with Crippen molar-refractivity contribution in [2.45, 2.75) is 19.4 Å². The molecule has 0 bridgehead atoms. The van der Waals surface area contributed by atoms with E-state index in [0.717, 1.165) is 11.1 Å². The van der Waals surface area contributed by atoms with Crippen molar-refractivity contribution in [3.8, 4) is 11.4 Å². The number of rotatable bonds is 6. The quantitative estimate of drug-likeness (QED) is 0.653. The highest BCUT2D eigenvalue weighted by atomic mass is 16.6. The summed E-state index contributed by atoms with van der Waals surface area (Å²) < 4.78 is 10.3. The zero-order chi connectivity index (χ0) is 15.9. The molecule has 2 aromatic carbocycles. The highest BCUT2D eigenvalue weighted by molar-refractivity contribution is 5.69. The third-order valence-electron chi connectivity index (χ3n) is 3.32. The summed E-state index contributed by atoms with van der Waals surface area (Å²) in [6.07, 6.45) is 0.975. The number of carbonyl (C=O) groups excluding carboxylic acids is 1. The summed E-state index contributed by atoms with van der Waals surface area (Å²) in [5.74, 6) is 0.492. The van der Waals surface area contributed by atoms with Gasteiger partial charge < -0.3 is 9.26 Å². The van der Waals surface area contributed by atoms with Crippen LogP contribution in [-0.4, -0.2) is 16.1 Å². The SMILES string of the molecule is O=C(CCc1ccccc1)OCc1nc(-c2ccccc2)no1. The zero-order valence-electron chi connectivity index (χ0n) is 12.5. The van der Waals surface area contributed by atoms with E-state index in [0.29, 0.717) is 18.7 Å². The number of hydrogen-bond acceptors (Lipinski definition) is 5. The van der Waals surface area contributed by atoms with Gasteiger partial charge in [-0.15, -0.1) is 0 Å². The Kier molecular flexibility index (Phi) is 4.79. The van der Waals surface area contributed by atoms with Crippen molar-refractivity contribution in [2.24, 2.45) is 0 Å². The molecule has 0 radical (unpaired) electrons. The number of aromatic nitrogens is 2. The largest absolute Gasteiger partial charge is 0.456 e. The number of aryl methyl sites for hydroxylation is 1. The first kappa shape index (κ1) is 15.0. The molecule has 1 aromatic heterocycles. The maximum atomic E-state index is 11.8. The van der Waals surface area contributed by atoms with Gasteiger partial charge in [0, 0.05) is 12.0 Å². The Morgan fingerprint density at radius 1 is 1.00 bits per heavy atom. The van der Waals surface area contributed by atoms with Crippen LogP contribution in [0.5, 0.6) is 0 Å². The van der Waals surface area contributed by atoms with Crippen molar-refractivity contribution in [1.82, 2.24) is 10.1 Å². The molecule has 3 rings (SSSR count). The summed E-state index contributed by atoms with van der Waals surface area (Å²) in [7, 11) is 0. The van der Waals surface area contributed by atoms with Crippen molar-refractivity contribution in [3.63, 3.8) is 0 Å². The Morgan fingerprint density at radius 3 is 2.43 bits per heavy atom. The molecule has 0 aliphatic rings. The van der Waals surface area contributed by atoms with Crippen molar-refractivity contribution >= 4 is 5.97 Å². The second-order valence-corrected chi connectivity index (χ2v) is 5.02. The topological polar surface area (TPSA) is 65.2 Å². The first-order valence-electron chi connectivity index (χ1n) is 7.39. The van der Waals surface area contributed by atoms with Crippen LogP contribution in [0, 0.1) is 0 Å². The van der Waals surface area contributed by atoms with Crippen molar-refractivity contribution in [2.75, 3.05) is 0 Å². The van der Waals surface area contributed by atoms with Gasteiger partial charge >= 0.3 is 5.97 Å². The van der Waals surface area contributed by atoms with Crippen LogP contribution < -0.4 is 0 Å². The lowest BCUT2D eigenvalue weighted by molar-refractivity contribution is -0.145. The smallest absolute Gasteiger partial charge is 0.306 e. The monoisotopic (exact) mass is 308 g/mol. The van der Waals surface area contributed by atoms with Gasteiger partial charge in [0.2, 0.25) is 5.82 Å². The van der Waals surface area contributed by atoms with Gasteiger partial charge in [-0.05, 0) is 12.0 Å². The van der Waals surface area contributed by atoms with E-state index in [1.807, 2.05) is 60.7 Å². The summed E-state index contributed by atoms with van der Waals surface area (Å²) in [4.78, 5) is 16.0. The van der Waals surface area contributed by atoms with E-state index in [1.165, 1.54) is 0 Å². The van der Waals surface area contributed by atoms with Gasteiger partial charge in [-0.25, -0.2) is 0 Å². The Hall–Kier alpha value is -2.95. The number of carbonyl (C=O) groups is 1. The molecule has 5 heteroatoms. The van der Waals surface area contributed by atoms with E-state index in [1.54, 1.807) is 0 Å². The van der Waals surface area contributed by atoms with Crippen LogP contribution in [0.4, 0.5) is 0 Å². The minimum Gasteiger partial charge on any atom is -0.456 e. The molecular formula is C18H16N2O3. The molecule has 116 valence electrons. The average molecular weight is 308 g/mol. The van der Waals surface area contributed by atoms with Crippen molar-refractivity contribution < 1.29 is 14.1 Å². The van der Waals surface area contributed by atoms with Crippen LogP contribution in [0.25, 0.3) is 11.4 Å². The lowest BCUT2D eigenvalue weighted by atomic mass is 10.1. The number of benzene rings is 2. The average Bonchev–Trinajstić information content (AvgIpc) is 3.09. The second kappa shape index (κ2) is 7.35. The molecule has 0 unspecified atom stereocenters. The van der Waals surface area contributed by atoms with E-state index in [9.17, 15) is 4.79 Å². The molecule has 3 aromatic rings. The van der Waals surface area contributed by atoms with Crippen LogP contribution in [0.15, 0.2) is 65.2 Å². The fraction of sp³-hybridized carbons (Fsp3) is 0.167. The molecule has 0 saturated heterocycles. The molecule has 0 aliphatic carbocycles. The number of ether oxygens (including phenoxy) is 1. The molecule has 0 aliphatic heterocycles. The van der Waals surface area contributed by atoms with Gasteiger partial charge in [0.05, 0.1) is 0 Å². The number of hydrogen-bond donors (Lipinski definition) is 0. The second-order valence-electron chi connectivity index (χ2n) is 5.02. The summed E-state index contributed by atoms with van der Waals surface area (Å²) in [5, 5.41) is 3.88. The normalized spacial score (nSPS) is 10.4. The molecule has 0 amide bonds. The molecule has 0 saturated carbocycles. The van der Waals surface area contributed by atoms with Crippen LogP contribution in [-0.2, 0) is 22.6 Å². The fourth-order valence-electron chi connectivity index (χ4n) is 2.12. The molecule has 1 heterocycles. The maximum Gasteiger partial charge on any atom is 0.306 e. The van der Waals surface area contributed by atoms with Crippen LogP contribution in [0.1, 0.15) is 17.9 Å². The van der Waals surface area contributed by atoms with Crippen LogP contribution in [0.2, 0.25) is 0 Å². The molecule has 0 atom stereocenters. The molecule has 0 fully saturated rings. The van der Waals surface area contributed by atoms with E-state index < -0.39 is 0 Å². The minimum absolute atomic E-state index is 0.00649. The summed E-state index contributed by atoms with van der Waals surface area (Å²) in [6.45, 7) is -0.00649. The number of nitrogens with zero attached hydrogens (tertiary/aromatic N) is 2. The predicted molar refractivity (Wildman–Crippen MR) is 84.3 cm³/mol. The fourth-order valence-corrected chi connectivity index (χ4v) is 2.12. The van der Waals surface area contributed by atoms with Crippen molar-refractivity contribution in [3.05, 3.63) is 72.1 Å². The van der Waals surface area contributed by atoms with E-state index in [4.69, 9.17) is 9.26 Å². The zero-order valence-corrected chi connectivity index (χ0v) is 12.5.